The lowest BCUT2D eigenvalue weighted by molar-refractivity contribution is 0.102. The molecule has 1 aliphatic rings. The Morgan fingerprint density at radius 3 is 2.06 bits per heavy atom. The van der Waals surface area contributed by atoms with Crippen LogP contribution in [0.25, 0.3) is 0 Å². The minimum Gasteiger partial charge on any atom is -0.321 e. The van der Waals surface area contributed by atoms with E-state index in [4.69, 9.17) is 0 Å². The third-order valence-electron chi connectivity index (χ3n) is 4.94. The van der Waals surface area contributed by atoms with Crippen LogP contribution in [0.4, 0.5) is 5.69 Å². The number of carbonyl (C=O) groups is 1. The van der Waals surface area contributed by atoms with Gasteiger partial charge < -0.3 is 5.32 Å². The van der Waals surface area contributed by atoms with Crippen LogP contribution in [0.5, 0.6) is 0 Å². The summed E-state index contributed by atoms with van der Waals surface area (Å²) in [5.74, 6) is -0.529. The van der Waals surface area contributed by atoms with Crippen LogP contribution >= 0.6 is 0 Å². The van der Waals surface area contributed by atoms with E-state index in [1.165, 1.54) is 34.6 Å². The molecule has 0 aromatic heterocycles. The molecule has 2 N–H and O–H groups in total. The van der Waals surface area contributed by atoms with Crippen molar-refractivity contribution in [2.75, 3.05) is 18.4 Å². The number of sulfonamides is 2. The highest BCUT2D eigenvalue weighted by atomic mass is 32.2. The van der Waals surface area contributed by atoms with E-state index in [1.54, 1.807) is 39.0 Å². The molecule has 1 heterocycles. The summed E-state index contributed by atoms with van der Waals surface area (Å²) in [7, 11) is -7.46. The maximum Gasteiger partial charge on any atom is 0.255 e. The van der Waals surface area contributed by atoms with Crippen LogP contribution in [-0.2, 0) is 20.0 Å². The first-order valence-electron chi connectivity index (χ1n) is 10.4. The standard InChI is InChI=1S/C22H29N3O5S2/c1-22(2,3)24-31(27,28)18-13-11-17(12-14-18)21(26)23-19-9-5-6-10-20(19)32(29,30)25-15-7-4-8-16-25/h5-6,9-14,24H,4,7-8,15-16H2,1-3H3,(H,23,26). The molecule has 1 saturated heterocycles. The number of carbonyl (C=O) groups excluding carboxylic acids is 1. The van der Waals surface area contributed by atoms with Crippen LogP contribution in [0.15, 0.2) is 58.3 Å². The van der Waals surface area contributed by atoms with Gasteiger partial charge in [-0.3, -0.25) is 4.79 Å². The maximum atomic E-state index is 13.1. The lowest BCUT2D eigenvalue weighted by Crippen LogP contribution is -2.40. The third-order valence-corrected chi connectivity index (χ3v) is 8.67. The van der Waals surface area contributed by atoms with Crippen LogP contribution in [0, 0.1) is 0 Å². The first-order chi connectivity index (χ1) is 14.9. The molecule has 1 amide bonds. The Balaban J connectivity index is 1.81. The summed E-state index contributed by atoms with van der Waals surface area (Å²) in [6, 6.07) is 11.8. The summed E-state index contributed by atoms with van der Waals surface area (Å²) in [5, 5.41) is 2.66. The molecule has 0 unspecified atom stereocenters. The van der Waals surface area contributed by atoms with E-state index in [1.807, 2.05) is 0 Å². The lowest BCUT2D eigenvalue weighted by Gasteiger charge is -2.26. The number of amides is 1. The Morgan fingerprint density at radius 2 is 1.47 bits per heavy atom. The normalized spacial score (nSPS) is 16.0. The second-order valence-corrected chi connectivity index (χ2v) is 12.4. The molecular formula is C22H29N3O5S2. The lowest BCUT2D eigenvalue weighted by atomic mass is 10.1. The molecule has 2 aromatic rings. The fourth-order valence-electron chi connectivity index (χ4n) is 3.48. The molecule has 1 aliphatic heterocycles. The highest BCUT2D eigenvalue weighted by Crippen LogP contribution is 2.27. The number of hydrogen-bond donors (Lipinski definition) is 2. The minimum absolute atomic E-state index is 0.0389. The van der Waals surface area contributed by atoms with Crippen molar-refractivity contribution in [2.45, 2.75) is 55.4 Å². The zero-order chi connectivity index (χ0) is 23.6. The van der Waals surface area contributed by atoms with E-state index in [2.05, 4.69) is 10.0 Å². The van der Waals surface area contributed by atoms with Gasteiger partial charge in [-0.15, -0.1) is 0 Å². The Kier molecular flexibility index (Phi) is 7.09. The van der Waals surface area contributed by atoms with Crippen LogP contribution in [0.2, 0.25) is 0 Å². The molecule has 0 saturated carbocycles. The van der Waals surface area contributed by atoms with Crippen LogP contribution in [0.1, 0.15) is 50.4 Å². The number of para-hydroxylation sites is 1. The zero-order valence-corrected chi connectivity index (χ0v) is 20.1. The van der Waals surface area contributed by atoms with Gasteiger partial charge in [0.2, 0.25) is 20.0 Å². The predicted octanol–water partition coefficient (Wildman–Crippen LogP) is 3.19. The summed E-state index contributed by atoms with van der Waals surface area (Å²) >= 11 is 0. The van der Waals surface area contributed by atoms with Gasteiger partial charge in [0.25, 0.3) is 5.91 Å². The number of nitrogens with zero attached hydrogens (tertiary/aromatic N) is 1. The van der Waals surface area contributed by atoms with Gasteiger partial charge in [-0.2, -0.15) is 4.31 Å². The fourth-order valence-corrected chi connectivity index (χ4v) is 6.56. The van der Waals surface area contributed by atoms with Crippen molar-refractivity contribution in [3.8, 4) is 0 Å². The van der Waals surface area contributed by atoms with E-state index >= 15 is 0 Å². The maximum absolute atomic E-state index is 13.1. The number of anilines is 1. The Bertz CT molecular complexity index is 1180. The summed E-state index contributed by atoms with van der Waals surface area (Å²) < 4.78 is 55.1. The Hall–Kier alpha value is -2.27. The molecule has 0 aliphatic carbocycles. The van der Waals surface area contributed by atoms with Crippen molar-refractivity contribution in [1.82, 2.24) is 9.03 Å². The first kappa shape index (κ1) is 24.4. The van der Waals surface area contributed by atoms with Crippen molar-refractivity contribution < 1.29 is 21.6 Å². The molecule has 32 heavy (non-hydrogen) atoms. The molecular weight excluding hydrogens is 450 g/mol. The molecule has 8 nitrogen and oxygen atoms in total. The molecule has 0 radical (unpaired) electrons. The van der Waals surface area contributed by atoms with Crippen LogP contribution in [-0.4, -0.2) is 45.7 Å². The highest BCUT2D eigenvalue weighted by Gasteiger charge is 2.28. The summed E-state index contributed by atoms with van der Waals surface area (Å²) in [4.78, 5) is 12.9. The number of rotatable bonds is 6. The summed E-state index contributed by atoms with van der Waals surface area (Å²) in [6.07, 6.45) is 2.63. The highest BCUT2D eigenvalue weighted by molar-refractivity contribution is 7.89. The van der Waals surface area contributed by atoms with Gasteiger partial charge in [-0.25, -0.2) is 21.6 Å². The molecule has 0 atom stereocenters. The van der Waals surface area contributed by atoms with Gasteiger partial charge in [0.05, 0.1) is 10.6 Å². The zero-order valence-electron chi connectivity index (χ0n) is 18.5. The molecule has 10 heteroatoms. The van der Waals surface area contributed by atoms with Crippen molar-refractivity contribution in [3.63, 3.8) is 0 Å². The second-order valence-electron chi connectivity index (χ2n) is 8.79. The van der Waals surface area contributed by atoms with E-state index in [0.29, 0.717) is 13.1 Å². The average molecular weight is 480 g/mol. The fraction of sp³-hybridized carbons (Fsp3) is 0.409. The first-order valence-corrected chi connectivity index (χ1v) is 13.4. The molecule has 2 aromatic carbocycles. The molecule has 1 fully saturated rings. The topological polar surface area (TPSA) is 113 Å². The molecule has 0 spiro atoms. The van der Waals surface area contributed by atoms with Crippen LogP contribution in [0.3, 0.4) is 0 Å². The van der Waals surface area contributed by atoms with Gasteiger partial charge in [-0.05, 0) is 70.0 Å². The van der Waals surface area contributed by atoms with E-state index in [-0.39, 0.29) is 21.0 Å². The van der Waals surface area contributed by atoms with Gasteiger partial charge in [-0.1, -0.05) is 18.6 Å². The minimum atomic E-state index is -3.73. The largest absolute Gasteiger partial charge is 0.321 e. The number of piperidine rings is 1. The third kappa shape index (κ3) is 5.74. The van der Waals surface area contributed by atoms with E-state index < -0.39 is 31.5 Å². The summed E-state index contributed by atoms with van der Waals surface area (Å²) in [5.41, 5.74) is -0.239. The smallest absolute Gasteiger partial charge is 0.255 e. The molecule has 0 bridgehead atoms. The van der Waals surface area contributed by atoms with Gasteiger partial charge in [0.15, 0.2) is 0 Å². The monoisotopic (exact) mass is 479 g/mol. The van der Waals surface area contributed by atoms with Crippen molar-refractivity contribution >= 4 is 31.6 Å². The van der Waals surface area contributed by atoms with Crippen molar-refractivity contribution in [3.05, 3.63) is 54.1 Å². The quantitative estimate of drug-likeness (QED) is 0.661. The van der Waals surface area contributed by atoms with Crippen molar-refractivity contribution in [1.29, 1.82) is 0 Å². The van der Waals surface area contributed by atoms with E-state index in [0.717, 1.165) is 19.3 Å². The van der Waals surface area contributed by atoms with Gasteiger partial charge >= 0.3 is 0 Å². The number of benzene rings is 2. The van der Waals surface area contributed by atoms with Crippen molar-refractivity contribution in [2.24, 2.45) is 0 Å². The SMILES string of the molecule is CC(C)(C)NS(=O)(=O)c1ccc(C(=O)Nc2ccccc2S(=O)(=O)N2CCCCC2)cc1. The van der Waals surface area contributed by atoms with Gasteiger partial charge in [0, 0.05) is 24.2 Å². The summed E-state index contributed by atoms with van der Waals surface area (Å²) in [6.45, 7) is 6.14. The average Bonchev–Trinajstić information content (AvgIpc) is 2.73. The second kappa shape index (κ2) is 9.30. The van der Waals surface area contributed by atoms with Crippen LogP contribution < -0.4 is 10.0 Å². The number of hydrogen-bond acceptors (Lipinski definition) is 5. The van der Waals surface area contributed by atoms with E-state index in [9.17, 15) is 21.6 Å². The molecule has 3 rings (SSSR count). The Labute approximate surface area is 190 Å². The Morgan fingerprint density at radius 1 is 0.875 bits per heavy atom. The predicted molar refractivity (Wildman–Crippen MR) is 124 cm³/mol. The number of nitrogens with one attached hydrogen (secondary N) is 2. The molecule has 174 valence electrons. The van der Waals surface area contributed by atoms with Gasteiger partial charge in [0.1, 0.15) is 4.90 Å².